The number of anilines is 1. The lowest BCUT2D eigenvalue weighted by molar-refractivity contribution is -0.120. The van der Waals surface area contributed by atoms with Crippen LogP contribution in [0.5, 0.6) is 0 Å². The number of hydrogen-bond donors (Lipinski definition) is 2. The number of nitrogens with zero attached hydrogens (tertiary/aromatic N) is 2. The molecule has 0 aliphatic heterocycles. The quantitative estimate of drug-likeness (QED) is 0.204. The van der Waals surface area contributed by atoms with Gasteiger partial charge >= 0.3 is 6.03 Å². The second kappa shape index (κ2) is 11.9. The van der Waals surface area contributed by atoms with Gasteiger partial charge < -0.3 is 10.6 Å². The Kier molecular flexibility index (Phi) is 7.86. The predicted molar refractivity (Wildman–Crippen MR) is 165 cm³/mol. The Morgan fingerprint density at radius 2 is 1.95 bits per heavy atom. The van der Waals surface area contributed by atoms with Crippen LogP contribution in [0.15, 0.2) is 60.9 Å². The van der Waals surface area contributed by atoms with Crippen molar-refractivity contribution in [1.82, 2.24) is 15.3 Å². The zero-order valence-corrected chi connectivity index (χ0v) is 24.3. The predicted octanol–water partition coefficient (Wildman–Crippen LogP) is 7.35. The smallest absolute Gasteiger partial charge is 0.319 e. The number of nitrogens with one attached hydrogen (secondary N) is 2. The van der Waals surface area contributed by atoms with E-state index >= 15 is 4.39 Å². The molecule has 6 nitrogen and oxygen atoms in total. The number of Topliss-reactive ketones (excluding diaryl/α,β-unsaturated/α-hetero) is 1. The molecule has 0 spiro atoms. The minimum atomic E-state index is -0.378. The molecule has 1 radical (unpaired) electrons. The summed E-state index contributed by atoms with van der Waals surface area (Å²) in [5.41, 5.74) is 5.72. The summed E-state index contributed by atoms with van der Waals surface area (Å²) >= 11 is 1.62. The molecule has 2 amide bonds. The fraction of sp³-hybridized carbons (Fsp3) is 0.265. The van der Waals surface area contributed by atoms with Gasteiger partial charge in [0.25, 0.3) is 0 Å². The number of halogens is 1. The summed E-state index contributed by atoms with van der Waals surface area (Å²) in [6.45, 7) is 3.56. The molecule has 1 fully saturated rings. The third-order valence-electron chi connectivity index (χ3n) is 7.52. The highest BCUT2D eigenvalue weighted by Crippen LogP contribution is 2.49. The van der Waals surface area contributed by atoms with Gasteiger partial charge in [0.1, 0.15) is 11.6 Å². The molecule has 0 saturated heterocycles. The topological polar surface area (TPSA) is 84.0 Å². The first-order valence-electron chi connectivity index (χ1n) is 14.1. The van der Waals surface area contributed by atoms with Crippen molar-refractivity contribution in [2.45, 2.75) is 52.0 Å². The van der Waals surface area contributed by atoms with Crippen LogP contribution in [-0.4, -0.2) is 27.8 Å². The van der Waals surface area contributed by atoms with Crippen molar-refractivity contribution in [2.24, 2.45) is 5.92 Å². The molecule has 2 aliphatic carbocycles. The monoisotopic (exact) mass is 577 g/mol. The van der Waals surface area contributed by atoms with E-state index < -0.39 is 0 Å². The van der Waals surface area contributed by atoms with Gasteiger partial charge in [0, 0.05) is 48.4 Å². The first-order valence-corrected chi connectivity index (χ1v) is 14.9. The number of hydrogen-bond acceptors (Lipinski definition) is 5. The molecule has 6 rings (SSSR count). The Morgan fingerprint density at radius 3 is 2.69 bits per heavy atom. The summed E-state index contributed by atoms with van der Waals surface area (Å²) in [6.07, 6.45) is 9.72. The van der Waals surface area contributed by atoms with Crippen molar-refractivity contribution in [3.05, 3.63) is 89.4 Å². The fourth-order valence-electron chi connectivity index (χ4n) is 4.64. The number of urea groups is 1. The van der Waals surface area contributed by atoms with Crippen molar-refractivity contribution < 1.29 is 14.0 Å². The maximum atomic E-state index is 15.0. The molecule has 2 aliphatic rings. The number of allylic oxidation sites excluding steroid dienone is 2. The maximum absolute atomic E-state index is 15.0. The lowest BCUT2D eigenvalue weighted by Crippen LogP contribution is -2.30. The van der Waals surface area contributed by atoms with Crippen LogP contribution in [0.3, 0.4) is 0 Å². The Morgan fingerprint density at radius 1 is 1.10 bits per heavy atom. The molecule has 4 aromatic rings. The van der Waals surface area contributed by atoms with Gasteiger partial charge in [0.2, 0.25) is 0 Å². The SMILES string of the molecule is CC(=O)[C@@H](C)CCC#CCc1ccc(-c2cc3nccc(C4=C[C]4c4ccc(NC(=O)NC5CC5)cc4F)c3s2)nc1. The molecule has 42 heavy (non-hydrogen) atoms. The Balaban J connectivity index is 1.11. The second-order valence-electron chi connectivity index (χ2n) is 10.9. The van der Waals surface area contributed by atoms with E-state index in [1.54, 1.807) is 36.6 Å². The van der Waals surface area contributed by atoms with E-state index in [0.717, 1.165) is 62.7 Å². The minimum absolute atomic E-state index is 0.0551. The second-order valence-corrected chi connectivity index (χ2v) is 11.9. The lowest BCUT2D eigenvalue weighted by Gasteiger charge is -2.09. The normalized spacial score (nSPS) is 15.0. The van der Waals surface area contributed by atoms with Crippen LogP contribution in [0.1, 0.15) is 56.2 Å². The van der Waals surface area contributed by atoms with Gasteiger partial charge in [-0.15, -0.1) is 17.3 Å². The van der Waals surface area contributed by atoms with Crippen LogP contribution in [0.25, 0.3) is 26.4 Å². The van der Waals surface area contributed by atoms with Gasteiger partial charge in [0.05, 0.1) is 26.7 Å². The van der Waals surface area contributed by atoms with E-state index in [1.807, 2.05) is 43.5 Å². The molecular weight excluding hydrogens is 547 g/mol. The van der Waals surface area contributed by atoms with Crippen LogP contribution < -0.4 is 10.6 Å². The molecule has 0 unspecified atom stereocenters. The molecule has 1 aromatic carbocycles. The summed E-state index contributed by atoms with van der Waals surface area (Å²) < 4.78 is 16.1. The van der Waals surface area contributed by atoms with Gasteiger partial charge in [-0.05, 0) is 73.2 Å². The van der Waals surface area contributed by atoms with Gasteiger partial charge in [-0.2, -0.15) is 0 Å². The number of carbonyl (C=O) groups is 2. The van der Waals surface area contributed by atoms with Crippen LogP contribution >= 0.6 is 11.3 Å². The number of rotatable bonds is 9. The molecule has 3 aromatic heterocycles. The third-order valence-corrected chi connectivity index (χ3v) is 8.70. The average molecular weight is 578 g/mol. The zero-order valence-electron chi connectivity index (χ0n) is 23.5. The summed E-state index contributed by atoms with van der Waals surface area (Å²) in [5, 5.41) is 5.55. The molecule has 1 saturated carbocycles. The number of carbonyl (C=O) groups excluding carboxylic acids is 2. The van der Waals surface area contributed by atoms with Crippen LogP contribution in [0.2, 0.25) is 0 Å². The summed E-state index contributed by atoms with van der Waals surface area (Å²) in [6, 6.07) is 12.8. The Bertz CT molecular complexity index is 1760. The number of fused-ring (bicyclic) bond motifs is 1. The van der Waals surface area contributed by atoms with Gasteiger partial charge in [-0.1, -0.05) is 31.1 Å². The lowest BCUT2D eigenvalue weighted by atomic mass is 10.0. The molecule has 1 atom stereocenters. The van der Waals surface area contributed by atoms with Crippen molar-refractivity contribution in [3.8, 4) is 22.4 Å². The van der Waals surface area contributed by atoms with Crippen LogP contribution in [0, 0.1) is 29.5 Å². The number of thiophene rings is 1. The van der Waals surface area contributed by atoms with Crippen molar-refractivity contribution in [2.75, 3.05) is 5.32 Å². The summed E-state index contributed by atoms with van der Waals surface area (Å²) in [4.78, 5) is 33.6. The number of pyridine rings is 2. The van der Waals surface area contributed by atoms with Gasteiger partial charge in [-0.25, -0.2) is 9.18 Å². The van der Waals surface area contributed by atoms with Gasteiger partial charge in [-0.3, -0.25) is 14.8 Å². The first-order chi connectivity index (χ1) is 20.4. The number of benzene rings is 1. The fourth-order valence-corrected chi connectivity index (χ4v) is 5.76. The average Bonchev–Trinajstić information content (AvgIpc) is 3.90. The summed E-state index contributed by atoms with van der Waals surface area (Å²) in [5.74, 6) is 7.07. The van der Waals surface area contributed by atoms with Gasteiger partial charge in [0.15, 0.2) is 0 Å². The van der Waals surface area contributed by atoms with E-state index in [0.29, 0.717) is 24.1 Å². The van der Waals surface area contributed by atoms with E-state index in [2.05, 4.69) is 32.4 Å². The molecule has 0 bridgehead atoms. The third kappa shape index (κ3) is 6.42. The van der Waals surface area contributed by atoms with Crippen LogP contribution in [0.4, 0.5) is 14.9 Å². The highest BCUT2D eigenvalue weighted by molar-refractivity contribution is 7.22. The Hall–Kier alpha value is -4.35. The molecule has 2 N–H and O–H groups in total. The number of aromatic nitrogens is 2. The molecular formula is C34H30FN4O2S. The molecule has 8 heteroatoms. The molecule has 211 valence electrons. The van der Waals surface area contributed by atoms with Crippen molar-refractivity contribution in [3.63, 3.8) is 0 Å². The highest BCUT2D eigenvalue weighted by atomic mass is 32.1. The standard InChI is InChI=1S/C34H30FN4O2S/c1-20(21(2)40)6-4-3-5-7-22-8-13-30(37-19-22)32-18-31-33(42-32)26(14-15-36-31)28-17-27(28)25-12-11-24(16-29(25)35)39-34(41)38-23-9-10-23/h8,11-20,23H,4,6-7,9-10H2,1-2H3,(H2,38,39,41)/t20-/m0/s1. The largest absolute Gasteiger partial charge is 0.335 e. The highest BCUT2D eigenvalue weighted by Gasteiger charge is 2.33. The Labute approximate surface area is 248 Å². The maximum Gasteiger partial charge on any atom is 0.319 e. The molecule has 3 heterocycles. The summed E-state index contributed by atoms with van der Waals surface area (Å²) in [7, 11) is 0. The van der Waals surface area contributed by atoms with E-state index in [9.17, 15) is 9.59 Å². The van der Waals surface area contributed by atoms with Crippen LogP contribution in [-0.2, 0) is 11.2 Å². The van der Waals surface area contributed by atoms with Crippen molar-refractivity contribution >= 4 is 44.6 Å². The van der Waals surface area contributed by atoms with E-state index in [-0.39, 0.29) is 29.6 Å². The number of ketones is 1. The minimum Gasteiger partial charge on any atom is -0.335 e. The van der Waals surface area contributed by atoms with E-state index in [1.165, 1.54) is 6.07 Å². The number of amides is 2. The van der Waals surface area contributed by atoms with E-state index in [4.69, 9.17) is 0 Å². The van der Waals surface area contributed by atoms with Crippen molar-refractivity contribution in [1.29, 1.82) is 0 Å². The zero-order chi connectivity index (χ0) is 29.2. The first kappa shape index (κ1) is 27.8.